The maximum atomic E-state index is 14.1. The van der Waals surface area contributed by atoms with Crippen LogP contribution in [0.15, 0.2) is 68.0 Å². The van der Waals surface area contributed by atoms with Crippen LogP contribution in [0.25, 0.3) is 5.57 Å². The summed E-state index contributed by atoms with van der Waals surface area (Å²) in [6.45, 7) is 3.68. The molecule has 1 amide bonds. The molecule has 37 heavy (non-hydrogen) atoms. The van der Waals surface area contributed by atoms with Gasteiger partial charge in [-0.1, -0.05) is 39.4 Å². The molecule has 0 saturated heterocycles. The van der Waals surface area contributed by atoms with Crippen LogP contribution in [0.3, 0.4) is 0 Å². The van der Waals surface area contributed by atoms with E-state index in [1.165, 1.54) is 4.57 Å². The molecule has 0 radical (unpaired) electrons. The number of allylic oxidation sites excluding steroid dienone is 1. The first-order valence-electron chi connectivity index (χ1n) is 11.7. The molecule has 0 N–H and O–H groups in total. The van der Waals surface area contributed by atoms with Gasteiger partial charge in [-0.05, 0) is 49.7 Å². The first-order valence-corrected chi connectivity index (χ1v) is 13.3. The fraction of sp³-hybridized carbons (Fsp3) is 0.259. The number of likely N-dealkylation sites (N-methyl/N-ethyl adjacent to an activating group) is 1. The lowest BCUT2D eigenvalue weighted by Gasteiger charge is -2.25. The van der Waals surface area contributed by atoms with E-state index in [9.17, 15) is 14.4 Å². The molecule has 1 aromatic heterocycles. The van der Waals surface area contributed by atoms with Gasteiger partial charge in [0.05, 0.1) is 35.2 Å². The molecule has 0 aliphatic carbocycles. The number of anilines is 2. The van der Waals surface area contributed by atoms with Crippen LogP contribution >= 0.6 is 27.3 Å². The smallest absolute Gasteiger partial charge is 0.338 e. The minimum atomic E-state index is -0.739. The summed E-state index contributed by atoms with van der Waals surface area (Å²) in [5.41, 5.74) is 3.90. The van der Waals surface area contributed by atoms with Gasteiger partial charge in [-0.25, -0.2) is 9.79 Å². The third-order valence-corrected chi connectivity index (χ3v) is 8.10. The average Bonchev–Trinajstić information content (AvgIpc) is 3.30. The largest absolute Gasteiger partial charge is 0.463 e. The number of benzene rings is 2. The van der Waals surface area contributed by atoms with Gasteiger partial charge in [-0.2, -0.15) is 0 Å². The molecule has 8 nitrogen and oxygen atoms in total. The van der Waals surface area contributed by atoms with Crippen molar-refractivity contribution in [1.82, 2.24) is 4.57 Å². The summed E-state index contributed by atoms with van der Waals surface area (Å²) in [4.78, 5) is 49.1. The minimum absolute atomic E-state index is 0.197. The zero-order chi connectivity index (χ0) is 26.6. The van der Waals surface area contributed by atoms with Gasteiger partial charge in [0.15, 0.2) is 4.80 Å². The fourth-order valence-electron chi connectivity index (χ4n) is 4.72. The summed E-state index contributed by atoms with van der Waals surface area (Å²) < 4.78 is 7.98. The van der Waals surface area contributed by atoms with Gasteiger partial charge in [0.2, 0.25) is 0 Å². The molecule has 10 heteroatoms. The number of rotatable bonds is 4. The second-order valence-electron chi connectivity index (χ2n) is 9.01. The van der Waals surface area contributed by atoms with Crippen LogP contribution in [-0.2, 0) is 14.3 Å². The molecule has 1 atom stereocenters. The molecule has 5 rings (SSSR count). The first kappa shape index (κ1) is 25.2. The molecule has 0 spiro atoms. The van der Waals surface area contributed by atoms with E-state index in [1.54, 1.807) is 25.8 Å². The minimum Gasteiger partial charge on any atom is -0.463 e. The van der Waals surface area contributed by atoms with Crippen molar-refractivity contribution < 1.29 is 14.3 Å². The van der Waals surface area contributed by atoms with Gasteiger partial charge in [0, 0.05) is 36.9 Å². The Hall–Kier alpha value is -3.50. The number of amides is 1. The molecule has 0 unspecified atom stereocenters. The Morgan fingerprint density at radius 2 is 1.86 bits per heavy atom. The lowest BCUT2D eigenvalue weighted by atomic mass is 9.95. The van der Waals surface area contributed by atoms with E-state index in [2.05, 4.69) is 20.9 Å². The second-order valence-corrected chi connectivity index (χ2v) is 10.9. The average molecular weight is 581 g/mol. The Balaban J connectivity index is 1.81. The monoisotopic (exact) mass is 580 g/mol. The molecule has 0 fully saturated rings. The van der Waals surface area contributed by atoms with E-state index in [4.69, 9.17) is 4.74 Å². The van der Waals surface area contributed by atoms with Crippen molar-refractivity contribution in [2.45, 2.75) is 19.9 Å². The normalized spacial score (nSPS) is 17.9. The zero-order valence-corrected chi connectivity index (χ0v) is 23.4. The van der Waals surface area contributed by atoms with Crippen molar-refractivity contribution in [3.8, 4) is 0 Å². The Bertz CT molecular complexity index is 1670. The summed E-state index contributed by atoms with van der Waals surface area (Å²) in [5, 5.41) is 0. The van der Waals surface area contributed by atoms with Crippen molar-refractivity contribution in [3.05, 3.63) is 89.0 Å². The van der Waals surface area contributed by atoms with Gasteiger partial charge in [0.25, 0.3) is 11.5 Å². The lowest BCUT2D eigenvalue weighted by molar-refractivity contribution is -0.139. The number of carbonyl (C=O) groups is 2. The van der Waals surface area contributed by atoms with Crippen molar-refractivity contribution in [1.29, 1.82) is 0 Å². The topological polar surface area (TPSA) is 84.2 Å². The quantitative estimate of drug-likeness (QED) is 0.443. The highest BCUT2D eigenvalue weighted by atomic mass is 79.9. The predicted octanol–water partition coefficient (Wildman–Crippen LogP) is 2.97. The summed E-state index contributed by atoms with van der Waals surface area (Å²) in [7, 11) is 5.58. The number of hydrogen-bond donors (Lipinski definition) is 0. The Labute approximate surface area is 225 Å². The summed E-state index contributed by atoms with van der Waals surface area (Å²) in [6, 6.07) is 12.5. The Kier molecular flexibility index (Phi) is 6.41. The molecule has 3 aromatic rings. The molecular formula is C27H25BrN4O4S. The fourth-order valence-corrected chi connectivity index (χ4v) is 6.22. The van der Waals surface area contributed by atoms with Crippen LogP contribution in [0.1, 0.15) is 31.0 Å². The summed E-state index contributed by atoms with van der Waals surface area (Å²) in [5.74, 6) is -0.777. The Morgan fingerprint density at radius 3 is 2.51 bits per heavy atom. The number of hydrogen-bond acceptors (Lipinski definition) is 7. The third-order valence-electron chi connectivity index (χ3n) is 6.55. The molecule has 2 aromatic carbocycles. The molecular weight excluding hydrogens is 556 g/mol. The number of thiazole rings is 1. The van der Waals surface area contributed by atoms with E-state index >= 15 is 0 Å². The maximum absolute atomic E-state index is 14.1. The number of carbonyl (C=O) groups excluding carboxylic acids is 2. The standard InChI is InChI=1S/C27H25BrN4O4S/c1-6-36-26(35)20-14(2)29-27-32(22(20)15-7-10-17(11-8-15)30(3)4)25(34)23(37-27)21-18-13-16(28)9-12-19(18)31(5)24(21)33/h7-13,22H,6H2,1-5H3/b23-21-/t22-/m1/s1. The molecule has 2 aliphatic rings. The van der Waals surface area contributed by atoms with Crippen LogP contribution in [0.5, 0.6) is 0 Å². The number of halogens is 1. The van der Waals surface area contributed by atoms with E-state index in [0.29, 0.717) is 31.7 Å². The van der Waals surface area contributed by atoms with Gasteiger partial charge in [-0.3, -0.25) is 14.2 Å². The molecule has 0 bridgehead atoms. The zero-order valence-electron chi connectivity index (χ0n) is 21.0. The number of fused-ring (bicyclic) bond motifs is 2. The molecule has 190 valence electrons. The number of ether oxygens (including phenoxy) is 1. The number of aromatic nitrogens is 1. The van der Waals surface area contributed by atoms with Crippen LogP contribution in [0, 0.1) is 0 Å². The maximum Gasteiger partial charge on any atom is 0.338 e. The van der Waals surface area contributed by atoms with E-state index in [-0.39, 0.29) is 18.1 Å². The lowest BCUT2D eigenvalue weighted by Crippen LogP contribution is -2.40. The highest BCUT2D eigenvalue weighted by Crippen LogP contribution is 2.36. The van der Waals surface area contributed by atoms with Crippen LogP contribution in [0.2, 0.25) is 0 Å². The summed E-state index contributed by atoms with van der Waals surface area (Å²) >= 11 is 4.64. The van der Waals surface area contributed by atoms with Crippen molar-refractivity contribution in [3.63, 3.8) is 0 Å². The molecule has 2 aliphatic heterocycles. The summed E-state index contributed by atoms with van der Waals surface area (Å²) in [6.07, 6.45) is 0. The second kappa shape index (κ2) is 9.42. The van der Waals surface area contributed by atoms with Crippen LogP contribution < -0.4 is 24.7 Å². The first-order chi connectivity index (χ1) is 17.6. The van der Waals surface area contributed by atoms with Gasteiger partial charge in [-0.15, -0.1) is 0 Å². The third kappa shape index (κ3) is 4.04. The molecule has 3 heterocycles. The Morgan fingerprint density at radius 1 is 1.16 bits per heavy atom. The van der Waals surface area contributed by atoms with Crippen molar-refractivity contribution in [2.24, 2.45) is 4.99 Å². The predicted molar refractivity (Wildman–Crippen MR) is 148 cm³/mol. The highest BCUT2D eigenvalue weighted by molar-refractivity contribution is 9.10. The van der Waals surface area contributed by atoms with Gasteiger partial charge in [0.1, 0.15) is 4.53 Å². The van der Waals surface area contributed by atoms with E-state index < -0.39 is 12.0 Å². The van der Waals surface area contributed by atoms with Crippen molar-refractivity contribution in [2.75, 3.05) is 37.5 Å². The van der Waals surface area contributed by atoms with Gasteiger partial charge < -0.3 is 14.5 Å². The van der Waals surface area contributed by atoms with Crippen molar-refractivity contribution >= 4 is 56.1 Å². The van der Waals surface area contributed by atoms with E-state index in [0.717, 1.165) is 32.7 Å². The van der Waals surface area contributed by atoms with Gasteiger partial charge >= 0.3 is 5.97 Å². The van der Waals surface area contributed by atoms with Crippen LogP contribution in [0.4, 0.5) is 11.4 Å². The number of nitrogens with zero attached hydrogens (tertiary/aromatic N) is 4. The highest BCUT2D eigenvalue weighted by Gasteiger charge is 2.36. The number of esters is 1. The molecule has 0 saturated carbocycles. The SMILES string of the molecule is CCOC(=O)C1=C(C)N=c2s/c(=C3\C(=O)N(C)c4ccc(Br)cc43)c(=O)n2[C@@H]1c1ccc(N(C)C)cc1. The van der Waals surface area contributed by atoms with E-state index in [1.807, 2.05) is 61.5 Å². The van der Waals surface area contributed by atoms with Crippen LogP contribution in [-0.4, -0.2) is 44.2 Å².